The van der Waals surface area contributed by atoms with Gasteiger partial charge < -0.3 is 15.8 Å². The highest BCUT2D eigenvalue weighted by molar-refractivity contribution is 5.80. The molecule has 0 bridgehead atoms. The fraction of sp³-hybridized carbons (Fsp3) is 0.538. The summed E-state index contributed by atoms with van der Waals surface area (Å²) in [7, 11) is 0. The number of rotatable bonds is 6. The molecule has 0 spiro atoms. The van der Waals surface area contributed by atoms with E-state index in [2.05, 4.69) is 28.9 Å². The Morgan fingerprint density at radius 2 is 2.28 bits per heavy atom. The van der Waals surface area contributed by atoms with Crippen molar-refractivity contribution < 1.29 is 5.21 Å². The number of aryl methyl sites for hydroxylation is 1. The molecule has 0 aromatic carbocycles. The summed E-state index contributed by atoms with van der Waals surface area (Å²) in [6.07, 6.45) is 2.32. The molecule has 3 N–H and O–H groups in total. The summed E-state index contributed by atoms with van der Waals surface area (Å²) in [6, 6.07) is 3.97. The fourth-order valence-electron chi connectivity index (χ4n) is 1.83. The van der Waals surface area contributed by atoms with E-state index >= 15 is 0 Å². The minimum Gasteiger partial charge on any atom is -0.409 e. The monoisotopic (exact) mass is 250 g/mol. The molecule has 0 saturated carbocycles. The quantitative estimate of drug-likeness (QED) is 0.350. The van der Waals surface area contributed by atoms with Crippen LogP contribution in [0.3, 0.4) is 0 Å². The van der Waals surface area contributed by atoms with Crippen molar-refractivity contribution in [3.05, 3.63) is 23.9 Å². The zero-order valence-electron chi connectivity index (χ0n) is 11.3. The summed E-state index contributed by atoms with van der Waals surface area (Å²) < 4.78 is 0. The van der Waals surface area contributed by atoms with Crippen LogP contribution in [0.1, 0.15) is 25.8 Å². The first-order valence-corrected chi connectivity index (χ1v) is 6.17. The van der Waals surface area contributed by atoms with Gasteiger partial charge in [0, 0.05) is 25.7 Å². The lowest BCUT2D eigenvalue weighted by Gasteiger charge is -2.26. The summed E-state index contributed by atoms with van der Waals surface area (Å²) in [4.78, 5) is 6.60. The number of oxime groups is 1. The van der Waals surface area contributed by atoms with Crippen LogP contribution < -0.4 is 10.6 Å². The average molecular weight is 250 g/mol. The van der Waals surface area contributed by atoms with Crippen molar-refractivity contribution >= 4 is 11.7 Å². The highest BCUT2D eigenvalue weighted by atomic mass is 16.4. The van der Waals surface area contributed by atoms with E-state index in [1.54, 1.807) is 6.20 Å². The molecular weight excluding hydrogens is 228 g/mol. The van der Waals surface area contributed by atoms with Crippen molar-refractivity contribution in [2.45, 2.75) is 27.2 Å². The molecule has 0 saturated heterocycles. The van der Waals surface area contributed by atoms with E-state index in [0.29, 0.717) is 18.9 Å². The van der Waals surface area contributed by atoms with Crippen LogP contribution in [0.25, 0.3) is 0 Å². The van der Waals surface area contributed by atoms with E-state index in [-0.39, 0.29) is 5.84 Å². The van der Waals surface area contributed by atoms with Gasteiger partial charge in [0.05, 0.1) is 0 Å². The van der Waals surface area contributed by atoms with Gasteiger partial charge >= 0.3 is 0 Å². The number of nitrogens with two attached hydrogens (primary N) is 1. The van der Waals surface area contributed by atoms with Gasteiger partial charge in [-0.15, -0.1) is 0 Å². The minimum absolute atomic E-state index is 0.248. The summed E-state index contributed by atoms with van der Waals surface area (Å²) in [5.41, 5.74) is 6.66. The van der Waals surface area contributed by atoms with Crippen LogP contribution in [0, 0.1) is 12.8 Å². The fourth-order valence-corrected chi connectivity index (χ4v) is 1.83. The molecule has 1 aromatic heterocycles. The van der Waals surface area contributed by atoms with E-state index in [1.807, 2.05) is 19.1 Å². The van der Waals surface area contributed by atoms with E-state index in [0.717, 1.165) is 17.9 Å². The van der Waals surface area contributed by atoms with Gasteiger partial charge in [0.2, 0.25) is 0 Å². The average Bonchev–Trinajstić information content (AvgIpc) is 2.34. The van der Waals surface area contributed by atoms with Gasteiger partial charge in [-0.1, -0.05) is 25.1 Å². The van der Waals surface area contributed by atoms with Crippen LogP contribution in [0.4, 0.5) is 5.82 Å². The Kier molecular flexibility index (Phi) is 5.42. The molecule has 1 aromatic rings. The Labute approximate surface area is 108 Å². The molecular formula is C13H22N4O. The number of hydrogen-bond donors (Lipinski definition) is 2. The molecule has 0 aliphatic carbocycles. The van der Waals surface area contributed by atoms with Gasteiger partial charge in [0.1, 0.15) is 11.7 Å². The number of anilines is 1. The second-order valence-corrected chi connectivity index (χ2v) is 4.83. The first-order chi connectivity index (χ1) is 8.54. The van der Waals surface area contributed by atoms with Crippen molar-refractivity contribution in [2.24, 2.45) is 16.8 Å². The van der Waals surface area contributed by atoms with Gasteiger partial charge in [0.15, 0.2) is 0 Å². The maximum absolute atomic E-state index is 8.58. The first kappa shape index (κ1) is 14.3. The van der Waals surface area contributed by atoms with Crippen LogP contribution in [0.2, 0.25) is 0 Å². The molecule has 1 heterocycles. The Morgan fingerprint density at radius 3 is 2.83 bits per heavy atom. The van der Waals surface area contributed by atoms with Crippen molar-refractivity contribution in [3.63, 3.8) is 0 Å². The third-order valence-electron chi connectivity index (χ3n) is 2.63. The van der Waals surface area contributed by atoms with Crippen LogP contribution in [0.15, 0.2) is 23.5 Å². The summed E-state index contributed by atoms with van der Waals surface area (Å²) in [5.74, 6) is 1.74. The molecule has 100 valence electrons. The number of hydrogen-bond acceptors (Lipinski definition) is 4. The number of amidine groups is 1. The lowest BCUT2D eigenvalue weighted by atomic mass is 10.1. The van der Waals surface area contributed by atoms with Gasteiger partial charge in [-0.25, -0.2) is 4.98 Å². The number of nitrogens with zero attached hydrogens (tertiary/aromatic N) is 3. The predicted molar refractivity (Wildman–Crippen MR) is 74.1 cm³/mol. The summed E-state index contributed by atoms with van der Waals surface area (Å²) in [5, 5.41) is 11.6. The smallest absolute Gasteiger partial charge is 0.140 e. The lowest BCUT2D eigenvalue weighted by molar-refractivity contribution is 0.317. The molecule has 0 atom stereocenters. The zero-order valence-corrected chi connectivity index (χ0v) is 11.3. The molecule has 0 amide bonds. The van der Waals surface area contributed by atoms with Crippen molar-refractivity contribution in [3.8, 4) is 0 Å². The summed E-state index contributed by atoms with van der Waals surface area (Å²) >= 11 is 0. The molecule has 0 fully saturated rings. The predicted octanol–water partition coefficient (Wildman–Crippen LogP) is 1.99. The number of pyridine rings is 1. The highest BCUT2D eigenvalue weighted by Gasteiger charge is 2.12. The topological polar surface area (TPSA) is 74.7 Å². The van der Waals surface area contributed by atoms with E-state index in [1.165, 1.54) is 0 Å². The lowest BCUT2D eigenvalue weighted by Crippen LogP contribution is -2.32. The Hall–Kier alpha value is -1.78. The van der Waals surface area contributed by atoms with Crippen LogP contribution >= 0.6 is 0 Å². The summed E-state index contributed by atoms with van der Waals surface area (Å²) in [6.45, 7) is 7.96. The Balaban J connectivity index is 2.81. The normalized spacial score (nSPS) is 11.9. The van der Waals surface area contributed by atoms with E-state index in [4.69, 9.17) is 10.9 Å². The van der Waals surface area contributed by atoms with Gasteiger partial charge in [0.25, 0.3) is 0 Å². The maximum Gasteiger partial charge on any atom is 0.140 e. The largest absolute Gasteiger partial charge is 0.409 e. The minimum atomic E-state index is 0.248. The van der Waals surface area contributed by atoms with E-state index < -0.39 is 0 Å². The number of aromatic nitrogens is 1. The molecule has 5 heteroatoms. The van der Waals surface area contributed by atoms with Crippen LogP contribution in [-0.2, 0) is 0 Å². The van der Waals surface area contributed by atoms with Crippen molar-refractivity contribution in [1.82, 2.24) is 4.98 Å². The van der Waals surface area contributed by atoms with Crippen molar-refractivity contribution in [2.75, 3.05) is 18.0 Å². The second kappa shape index (κ2) is 6.83. The molecule has 5 nitrogen and oxygen atoms in total. The molecule has 0 aliphatic heterocycles. The molecule has 0 radical (unpaired) electrons. The van der Waals surface area contributed by atoms with Gasteiger partial charge in [-0.2, -0.15) is 0 Å². The van der Waals surface area contributed by atoms with Gasteiger partial charge in [-0.3, -0.25) is 0 Å². The standard InChI is InChI=1S/C13H22N4O/c1-10(2)9-17(8-6-12(14)16-18)13-11(3)5-4-7-15-13/h4-5,7,10,18H,6,8-9H2,1-3H3,(H2,14,16). The SMILES string of the molecule is Cc1cccnc1N(CCC(N)=NO)CC(C)C. The second-order valence-electron chi connectivity index (χ2n) is 4.83. The van der Waals surface area contributed by atoms with Crippen LogP contribution in [0.5, 0.6) is 0 Å². The Bertz CT molecular complexity index is 404. The molecule has 18 heavy (non-hydrogen) atoms. The third-order valence-corrected chi connectivity index (χ3v) is 2.63. The highest BCUT2D eigenvalue weighted by Crippen LogP contribution is 2.17. The van der Waals surface area contributed by atoms with Crippen LogP contribution in [-0.4, -0.2) is 29.1 Å². The van der Waals surface area contributed by atoms with Crippen molar-refractivity contribution in [1.29, 1.82) is 0 Å². The Morgan fingerprint density at radius 1 is 1.56 bits per heavy atom. The van der Waals surface area contributed by atoms with E-state index in [9.17, 15) is 0 Å². The molecule has 0 unspecified atom stereocenters. The van der Waals surface area contributed by atoms with Gasteiger partial charge in [-0.05, 0) is 24.5 Å². The first-order valence-electron chi connectivity index (χ1n) is 6.17. The molecule has 1 rings (SSSR count). The molecule has 0 aliphatic rings. The zero-order chi connectivity index (χ0) is 13.5. The third kappa shape index (κ3) is 4.24. The maximum atomic E-state index is 8.58.